The minimum atomic E-state index is -0.478. The Morgan fingerprint density at radius 1 is 1.14 bits per heavy atom. The van der Waals surface area contributed by atoms with Crippen LogP contribution in [0.25, 0.3) is 0 Å². The maximum absolute atomic E-state index is 11.8. The standard InChI is InChI=1S/C17H32O4/c1-9-10-14(19-7)13(3)15(20-8)12(2)11-21-16(18)17(4,5)6/h9-10,12-15H,11H2,1-8H3/t12-,13-,14-,15-/m0/s1. The van der Waals surface area contributed by atoms with Gasteiger partial charge in [-0.2, -0.15) is 0 Å². The molecule has 0 amide bonds. The molecule has 0 bridgehead atoms. The first-order chi connectivity index (χ1) is 9.68. The predicted molar refractivity (Wildman–Crippen MR) is 85.2 cm³/mol. The molecule has 4 atom stereocenters. The Bertz CT molecular complexity index is 330. The van der Waals surface area contributed by atoms with Crippen molar-refractivity contribution in [2.24, 2.45) is 17.3 Å². The van der Waals surface area contributed by atoms with Crippen LogP contribution in [0.4, 0.5) is 0 Å². The van der Waals surface area contributed by atoms with Crippen LogP contribution in [0.2, 0.25) is 0 Å². The first-order valence-electron chi connectivity index (χ1n) is 7.54. The highest BCUT2D eigenvalue weighted by molar-refractivity contribution is 5.75. The van der Waals surface area contributed by atoms with E-state index in [0.29, 0.717) is 6.61 Å². The van der Waals surface area contributed by atoms with E-state index in [4.69, 9.17) is 14.2 Å². The average Bonchev–Trinajstić information content (AvgIpc) is 2.41. The van der Waals surface area contributed by atoms with Crippen molar-refractivity contribution in [3.8, 4) is 0 Å². The van der Waals surface area contributed by atoms with Crippen molar-refractivity contribution in [1.29, 1.82) is 0 Å². The molecule has 0 radical (unpaired) electrons. The van der Waals surface area contributed by atoms with E-state index in [9.17, 15) is 4.79 Å². The first-order valence-corrected chi connectivity index (χ1v) is 7.54. The van der Waals surface area contributed by atoms with Gasteiger partial charge in [0, 0.05) is 26.1 Å². The van der Waals surface area contributed by atoms with Gasteiger partial charge in [-0.1, -0.05) is 26.0 Å². The summed E-state index contributed by atoms with van der Waals surface area (Å²) in [5.41, 5.74) is -0.478. The van der Waals surface area contributed by atoms with Gasteiger partial charge in [-0.25, -0.2) is 0 Å². The monoisotopic (exact) mass is 300 g/mol. The van der Waals surface area contributed by atoms with E-state index in [1.54, 1.807) is 14.2 Å². The fraction of sp³-hybridized carbons (Fsp3) is 0.824. The second kappa shape index (κ2) is 9.21. The van der Waals surface area contributed by atoms with Crippen LogP contribution < -0.4 is 0 Å². The summed E-state index contributed by atoms with van der Waals surface area (Å²) in [6.07, 6.45) is 3.94. The van der Waals surface area contributed by atoms with E-state index < -0.39 is 5.41 Å². The number of esters is 1. The molecule has 4 heteroatoms. The van der Waals surface area contributed by atoms with Gasteiger partial charge >= 0.3 is 5.97 Å². The highest BCUT2D eigenvalue weighted by atomic mass is 16.5. The number of carbonyl (C=O) groups excluding carboxylic acids is 1. The summed E-state index contributed by atoms with van der Waals surface area (Å²) in [7, 11) is 3.38. The van der Waals surface area contributed by atoms with Crippen LogP contribution in [-0.4, -0.2) is 39.0 Å². The van der Waals surface area contributed by atoms with E-state index in [2.05, 4.69) is 6.92 Å². The van der Waals surface area contributed by atoms with Gasteiger partial charge in [0.15, 0.2) is 0 Å². The lowest BCUT2D eigenvalue weighted by Crippen LogP contribution is -2.38. The lowest BCUT2D eigenvalue weighted by molar-refractivity contribution is -0.156. The largest absolute Gasteiger partial charge is 0.465 e. The highest BCUT2D eigenvalue weighted by Crippen LogP contribution is 2.23. The van der Waals surface area contributed by atoms with Crippen LogP contribution in [0.3, 0.4) is 0 Å². The number of allylic oxidation sites excluding steroid dienone is 1. The molecule has 0 heterocycles. The summed E-state index contributed by atoms with van der Waals surface area (Å²) in [5.74, 6) is 0.0762. The number of carbonyl (C=O) groups is 1. The summed E-state index contributed by atoms with van der Waals surface area (Å²) in [6, 6.07) is 0. The topological polar surface area (TPSA) is 44.8 Å². The van der Waals surface area contributed by atoms with Crippen LogP contribution in [0, 0.1) is 17.3 Å². The molecule has 0 N–H and O–H groups in total. The van der Waals surface area contributed by atoms with Gasteiger partial charge in [0.1, 0.15) is 0 Å². The van der Waals surface area contributed by atoms with Crippen LogP contribution in [0.1, 0.15) is 41.5 Å². The lowest BCUT2D eigenvalue weighted by Gasteiger charge is -2.32. The predicted octanol–water partition coefficient (Wildman–Crippen LogP) is 3.45. The molecule has 0 aromatic heterocycles. The Hall–Kier alpha value is -0.870. The molecule has 0 aromatic carbocycles. The van der Waals surface area contributed by atoms with Crippen LogP contribution in [0.5, 0.6) is 0 Å². The second-order valence-corrected chi connectivity index (χ2v) is 6.61. The summed E-state index contributed by atoms with van der Waals surface area (Å²) in [6.45, 7) is 12.0. The van der Waals surface area contributed by atoms with Crippen molar-refractivity contribution in [2.75, 3.05) is 20.8 Å². The molecule has 0 rings (SSSR count). The average molecular weight is 300 g/mol. The maximum Gasteiger partial charge on any atom is 0.311 e. The molecule has 0 unspecified atom stereocenters. The Kier molecular flexibility index (Phi) is 8.83. The molecule has 124 valence electrons. The zero-order chi connectivity index (χ0) is 16.6. The highest BCUT2D eigenvalue weighted by Gasteiger charge is 2.31. The Morgan fingerprint density at radius 2 is 1.71 bits per heavy atom. The number of hydrogen-bond acceptors (Lipinski definition) is 4. The van der Waals surface area contributed by atoms with Crippen LogP contribution in [0.15, 0.2) is 12.2 Å². The van der Waals surface area contributed by atoms with Gasteiger partial charge in [-0.05, 0) is 27.7 Å². The van der Waals surface area contributed by atoms with Gasteiger partial charge < -0.3 is 14.2 Å². The normalized spacial score (nSPS) is 18.3. The summed E-state index contributed by atoms with van der Waals surface area (Å²) < 4.78 is 16.5. The quantitative estimate of drug-likeness (QED) is 0.509. The summed E-state index contributed by atoms with van der Waals surface area (Å²) >= 11 is 0. The van der Waals surface area contributed by atoms with Gasteiger partial charge in [0.05, 0.1) is 24.2 Å². The molecule has 0 saturated carbocycles. The molecule has 0 aliphatic carbocycles. The van der Waals surface area contributed by atoms with E-state index in [0.717, 1.165) is 0 Å². The zero-order valence-electron chi connectivity index (χ0n) is 14.8. The van der Waals surface area contributed by atoms with Gasteiger partial charge in [0.2, 0.25) is 0 Å². The molecule has 0 aromatic rings. The minimum absolute atomic E-state index is 0.0132. The minimum Gasteiger partial charge on any atom is -0.465 e. The van der Waals surface area contributed by atoms with Crippen molar-refractivity contribution >= 4 is 5.97 Å². The van der Waals surface area contributed by atoms with Crippen molar-refractivity contribution in [3.05, 3.63) is 12.2 Å². The molecule has 4 nitrogen and oxygen atoms in total. The fourth-order valence-corrected chi connectivity index (χ4v) is 2.33. The molecule has 21 heavy (non-hydrogen) atoms. The third-order valence-electron chi connectivity index (χ3n) is 3.61. The SMILES string of the molecule is CC=C[C@H](OC)[C@H](C)[C@@H](OC)[C@@H](C)COC(=O)C(C)(C)C. The molecular formula is C17H32O4. The molecular weight excluding hydrogens is 268 g/mol. The number of hydrogen-bond donors (Lipinski definition) is 0. The third-order valence-corrected chi connectivity index (χ3v) is 3.61. The molecule has 0 aliphatic rings. The molecule has 0 aliphatic heterocycles. The van der Waals surface area contributed by atoms with Gasteiger partial charge in [-0.3, -0.25) is 4.79 Å². The first kappa shape index (κ1) is 20.1. The molecule has 0 saturated heterocycles. The van der Waals surface area contributed by atoms with E-state index in [-0.39, 0.29) is 30.0 Å². The Labute approximate surface area is 129 Å². The number of ether oxygens (including phenoxy) is 3. The lowest BCUT2D eigenvalue weighted by atomic mass is 9.89. The van der Waals surface area contributed by atoms with E-state index in [1.165, 1.54) is 0 Å². The summed E-state index contributed by atoms with van der Waals surface area (Å²) in [4.78, 5) is 11.8. The molecule has 0 fully saturated rings. The van der Waals surface area contributed by atoms with Gasteiger partial charge in [0.25, 0.3) is 0 Å². The van der Waals surface area contributed by atoms with Crippen LogP contribution >= 0.6 is 0 Å². The molecule has 0 spiro atoms. The van der Waals surface area contributed by atoms with Gasteiger partial charge in [-0.15, -0.1) is 0 Å². The van der Waals surface area contributed by atoms with Crippen molar-refractivity contribution in [1.82, 2.24) is 0 Å². The maximum atomic E-state index is 11.8. The third kappa shape index (κ3) is 6.62. The van der Waals surface area contributed by atoms with Crippen molar-refractivity contribution < 1.29 is 19.0 Å². The van der Waals surface area contributed by atoms with Crippen LogP contribution in [-0.2, 0) is 19.0 Å². The Morgan fingerprint density at radius 3 is 2.10 bits per heavy atom. The number of methoxy groups -OCH3 is 2. The van der Waals surface area contributed by atoms with Crippen molar-refractivity contribution in [2.45, 2.75) is 53.8 Å². The number of rotatable bonds is 8. The Balaban J connectivity index is 4.68. The van der Waals surface area contributed by atoms with Crippen molar-refractivity contribution in [3.63, 3.8) is 0 Å². The summed E-state index contributed by atoms with van der Waals surface area (Å²) in [5, 5.41) is 0. The second-order valence-electron chi connectivity index (χ2n) is 6.61. The fourth-order valence-electron chi connectivity index (χ4n) is 2.33. The van der Waals surface area contributed by atoms with E-state index >= 15 is 0 Å². The zero-order valence-corrected chi connectivity index (χ0v) is 14.8. The van der Waals surface area contributed by atoms with E-state index in [1.807, 2.05) is 46.8 Å². The smallest absolute Gasteiger partial charge is 0.311 e.